The molecule has 0 aromatic rings. The Hall–Kier alpha value is -1.38. The molecule has 0 saturated carbocycles. The molecule has 0 aromatic heterocycles. The van der Waals surface area contributed by atoms with Gasteiger partial charge in [-0.3, -0.25) is 9.59 Å². The van der Waals surface area contributed by atoms with E-state index in [0.717, 1.165) is 0 Å². The van der Waals surface area contributed by atoms with Crippen molar-refractivity contribution in [2.75, 3.05) is 0 Å². The maximum Gasteiger partial charge on any atom is 0.223 e. The fraction of sp³-hybridized carbons (Fsp3) is 0.400. The Balaban J connectivity index is 3.21. The minimum absolute atomic E-state index is 0.124. The van der Waals surface area contributed by atoms with Crippen LogP contribution in [-0.2, 0) is 9.59 Å². The maximum atomic E-state index is 11.4. The second kappa shape index (κ2) is 3.17. The van der Waals surface area contributed by atoms with Gasteiger partial charge in [0.2, 0.25) is 5.78 Å². The number of carbonyl (C=O) groups is 2. The van der Waals surface area contributed by atoms with E-state index in [1.54, 1.807) is 13.8 Å². The Bertz CT molecular complexity index is 332. The largest absolute Gasteiger partial charge is 0.504 e. The highest BCUT2D eigenvalue weighted by atomic mass is 16.3. The topological polar surface area (TPSA) is 54.4 Å². The van der Waals surface area contributed by atoms with E-state index in [-0.39, 0.29) is 23.0 Å². The first-order chi connectivity index (χ1) is 5.95. The minimum atomic E-state index is -0.441. The lowest BCUT2D eigenvalue weighted by Gasteiger charge is -2.15. The number of carbonyl (C=O) groups excluding carboxylic acids is 2. The van der Waals surface area contributed by atoms with E-state index >= 15 is 0 Å². The van der Waals surface area contributed by atoms with Gasteiger partial charge in [0.25, 0.3) is 0 Å². The maximum absolute atomic E-state index is 11.4. The molecule has 1 rings (SSSR count). The summed E-state index contributed by atoms with van der Waals surface area (Å²) in [4.78, 5) is 22.6. The van der Waals surface area contributed by atoms with Gasteiger partial charge in [0, 0.05) is 11.1 Å². The van der Waals surface area contributed by atoms with E-state index in [0.29, 0.717) is 5.57 Å². The summed E-state index contributed by atoms with van der Waals surface area (Å²) in [5.74, 6) is -1.21. The molecule has 0 heterocycles. The third kappa shape index (κ3) is 1.54. The summed E-state index contributed by atoms with van der Waals surface area (Å²) in [6.45, 7) is 5.06. The van der Waals surface area contributed by atoms with Crippen LogP contribution >= 0.6 is 0 Å². The number of hydrogen-bond donors (Lipinski definition) is 1. The van der Waals surface area contributed by atoms with Crippen molar-refractivity contribution in [3.8, 4) is 0 Å². The molecule has 1 aliphatic rings. The lowest BCUT2D eigenvalue weighted by molar-refractivity contribution is -0.118. The van der Waals surface area contributed by atoms with Crippen LogP contribution in [0.15, 0.2) is 23.0 Å². The second-order valence-corrected chi connectivity index (χ2v) is 3.44. The van der Waals surface area contributed by atoms with E-state index in [1.165, 1.54) is 13.0 Å². The van der Waals surface area contributed by atoms with Gasteiger partial charge in [0.15, 0.2) is 11.5 Å². The van der Waals surface area contributed by atoms with Crippen molar-refractivity contribution in [3.63, 3.8) is 0 Å². The van der Waals surface area contributed by atoms with E-state index in [2.05, 4.69) is 0 Å². The van der Waals surface area contributed by atoms with Crippen molar-refractivity contribution in [3.05, 3.63) is 23.0 Å². The molecule has 3 nitrogen and oxygen atoms in total. The average Bonchev–Trinajstić information content (AvgIpc) is 1.99. The highest BCUT2D eigenvalue weighted by molar-refractivity contribution is 6.21. The molecule has 0 aromatic carbocycles. The van der Waals surface area contributed by atoms with Crippen molar-refractivity contribution in [2.24, 2.45) is 5.92 Å². The third-order valence-corrected chi connectivity index (χ3v) is 2.02. The zero-order valence-electron chi connectivity index (χ0n) is 7.92. The SMILES string of the molecule is CC1=CC(=O)C(C(C)C)=C(O)C1=O. The number of hydrogen-bond acceptors (Lipinski definition) is 3. The summed E-state index contributed by atoms with van der Waals surface area (Å²) in [6.07, 6.45) is 1.28. The Morgan fingerprint density at radius 3 is 2.31 bits per heavy atom. The van der Waals surface area contributed by atoms with Crippen molar-refractivity contribution < 1.29 is 14.7 Å². The molecule has 13 heavy (non-hydrogen) atoms. The van der Waals surface area contributed by atoms with Gasteiger partial charge in [-0.2, -0.15) is 0 Å². The van der Waals surface area contributed by atoms with Crippen LogP contribution < -0.4 is 0 Å². The van der Waals surface area contributed by atoms with Gasteiger partial charge in [-0.25, -0.2) is 0 Å². The standard InChI is InChI=1S/C10H12O3/c1-5(2)8-7(11)4-6(3)9(12)10(8)13/h4-5,13H,1-3H3. The Labute approximate surface area is 76.8 Å². The van der Waals surface area contributed by atoms with Gasteiger partial charge in [0.1, 0.15) is 0 Å². The van der Waals surface area contributed by atoms with Crippen LogP contribution in [0.5, 0.6) is 0 Å². The molecule has 0 saturated heterocycles. The summed E-state index contributed by atoms with van der Waals surface area (Å²) >= 11 is 0. The van der Waals surface area contributed by atoms with Gasteiger partial charge < -0.3 is 5.11 Å². The molecular formula is C10H12O3. The summed E-state index contributed by atoms with van der Waals surface area (Å²) < 4.78 is 0. The molecule has 0 spiro atoms. The first-order valence-electron chi connectivity index (χ1n) is 4.15. The quantitative estimate of drug-likeness (QED) is 0.623. The highest BCUT2D eigenvalue weighted by Gasteiger charge is 2.27. The molecule has 0 amide bonds. The average molecular weight is 180 g/mol. The molecule has 0 aliphatic heterocycles. The van der Waals surface area contributed by atoms with Crippen molar-refractivity contribution in [1.29, 1.82) is 0 Å². The Kier molecular flexibility index (Phi) is 2.36. The molecule has 3 heteroatoms. The van der Waals surface area contributed by atoms with E-state index in [4.69, 9.17) is 0 Å². The Morgan fingerprint density at radius 2 is 1.85 bits per heavy atom. The predicted molar refractivity (Wildman–Crippen MR) is 48.3 cm³/mol. The van der Waals surface area contributed by atoms with Crippen LogP contribution in [0.3, 0.4) is 0 Å². The minimum Gasteiger partial charge on any atom is -0.504 e. The van der Waals surface area contributed by atoms with E-state index in [9.17, 15) is 14.7 Å². The van der Waals surface area contributed by atoms with Gasteiger partial charge in [0.05, 0.1) is 0 Å². The lowest BCUT2D eigenvalue weighted by Crippen LogP contribution is -2.20. The molecule has 0 atom stereocenters. The molecular weight excluding hydrogens is 168 g/mol. The molecule has 70 valence electrons. The summed E-state index contributed by atoms with van der Waals surface area (Å²) in [5.41, 5.74) is 0.516. The molecule has 1 N–H and O–H groups in total. The Morgan fingerprint density at radius 1 is 1.31 bits per heavy atom. The molecule has 0 fully saturated rings. The normalized spacial score (nSPS) is 18.3. The number of aliphatic hydroxyl groups is 1. The number of aliphatic hydroxyl groups excluding tert-OH is 1. The van der Waals surface area contributed by atoms with Crippen LogP contribution in [-0.4, -0.2) is 16.7 Å². The van der Waals surface area contributed by atoms with Crippen LogP contribution in [0.4, 0.5) is 0 Å². The van der Waals surface area contributed by atoms with Crippen LogP contribution in [0.1, 0.15) is 20.8 Å². The first kappa shape index (κ1) is 9.71. The van der Waals surface area contributed by atoms with E-state index < -0.39 is 5.78 Å². The lowest BCUT2D eigenvalue weighted by atomic mass is 9.89. The number of allylic oxidation sites excluding steroid dienone is 3. The van der Waals surface area contributed by atoms with Crippen LogP contribution in [0.2, 0.25) is 0 Å². The molecule has 0 radical (unpaired) electrons. The predicted octanol–water partition coefficient (Wildman–Crippen LogP) is 1.55. The van der Waals surface area contributed by atoms with Gasteiger partial charge in [-0.05, 0) is 18.9 Å². The van der Waals surface area contributed by atoms with Crippen molar-refractivity contribution in [2.45, 2.75) is 20.8 Å². The zero-order valence-corrected chi connectivity index (χ0v) is 7.92. The zero-order chi connectivity index (χ0) is 10.2. The van der Waals surface area contributed by atoms with Gasteiger partial charge >= 0.3 is 0 Å². The number of rotatable bonds is 1. The number of ketones is 2. The molecule has 0 bridgehead atoms. The highest BCUT2D eigenvalue weighted by Crippen LogP contribution is 2.22. The van der Waals surface area contributed by atoms with Crippen molar-refractivity contribution in [1.82, 2.24) is 0 Å². The molecule has 0 unspecified atom stereocenters. The summed E-state index contributed by atoms with van der Waals surface area (Å²) in [7, 11) is 0. The van der Waals surface area contributed by atoms with Gasteiger partial charge in [-0.1, -0.05) is 13.8 Å². The fourth-order valence-corrected chi connectivity index (χ4v) is 1.32. The van der Waals surface area contributed by atoms with E-state index in [1.807, 2.05) is 0 Å². The van der Waals surface area contributed by atoms with Gasteiger partial charge in [-0.15, -0.1) is 0 Å². The fourth-order valence-electron chi connectivity index (χ4n) is 1.32. The molecule has 1 aliphatic carbocycles. The van der Waals surface area contributed by atoms with Crippen LogP contribution in [0, 0.1) is 5.92 Å². The third-order valence-electron chi connectivity index (χ3n) is 2.02. The first-order valence-corrected chi connectivity index (χ1v) is 4.15. The summed E-state index contributed by atoms with van der Waals surface area (Å²) in [6, 6.07) is 0. The smallest absolute Gasteiger partial charge is 0.223 e. The van der Waals surface area contributed by atoms with Crippen molar-refractivity contribution >= 4 is 11.6 Å². The van der Waals surface area contributed by atoms with Crippen LogP contribution in [0.25, 0.3) is 0 Å². The monoisotopic (exact) mass is 180 g/mol. The number of Topliss-reactive ketones (excluding diaryl/α,β-unsaturated/α-hetero) is 1. The summed E-state index contributed by atoms with van der Waals surface area (Å²) in [5, 5.41) is 9.42. The second-order valence-electron chi connectivity index (χ2n) is 3.44.